The maximum Gasteiger partial charge on any atom is 0.418 e. The highest BCUT2D eigenvalue weighted by Crippen LogP contribution is 2.53. The summed E-state index contributed by atoms with van der Waals surface area (Å²) in [6.45, 7) is 12.6. The number of alkyl halides is 6. The van der Waals surface area contributed by atoms with Crippen LogP contribution < -0.4 is 20.1 Å². The van der Waals surface area contributed by atoms with Crippen molar-refractivity contribution in [1.82, 2.24) is 20.4 Å². The molecule has 404 valence electrons. The van der Waals surface area contributed by atoms with Gasteiger partial charge < -0.3 is 39.8 Å². The molecule has 4 atom stereocenters. The van der Waals surface area contributed by atoms with Crippen LogP contribution in [0.1, 0.15) is 77.6 Å². The molecule has 4 amide bonds. The number of nitrogens with one attached hydrogen (secondary N) is 2. The molecule has 0 aromatic heterocycles. The molecule has 0 aliphatic carbocycles. The third-order valence-corrected chi connectivity index (χ3v) is 12.6. The SMILES string of the molecule is CCOc1ccccc1-c1c(/C=C/C(=O)N(C(=O)OC(C)(C)C)C2CNCC2O)ccc(Sc2ccc(/C=C/C(=O)N(C(=O)OC(C)(C)C)C3CNCC3O)c(-c3ccccc3OCC)c2C(F)(F)F)c1C(F)(F)F. The van der Waals surface area contributed by atoms with E-state index < -0.39 is 104 Å². The standard InChI is InChI=1S/C54H60F6N4O10S/c1-9-71-39-17-13-11-15-33(39)45-31(21-25-43(67)63(35-27-61-29-37(35)65)49(69)73-51(3,4)5)19-23-41(47(45)53(55,56)57)75-42-24-20-32(46(48(42)54(58,59)60)34-16-12-14-18-40(34)72-10-2)22-26-44(68)64(36-28-62-30-38(36)66)50(70)74-52(6,7)8/h11-26,35-38,61-62,65-66H,9-10,27-30H2,1-8H3/b25-21+,26-22+. The van der Waals surface area contributed by atoms with Crippen molar-refractivity contribution in [3.8, 4) is 33.8 Å². The van der Waals surface area contributed by atoms with Crippen molar-refractivity contribution >= 4 is 47.9 Å². The topological polar surface area (TPSA) is 176 Å². The predicted molar refractivity (Wildman–Crippen MR) is 270 cm³/mol. The summed E-state index contributed by atoms with van der Waals surface area (Å²) >= 11 is 0.167. The number of carbonyl (C=O) groups excluding carboxylic acids is 4. The number of nitrogens with zero attached hydrogens (tertiary/aromatic N) is 2. The Labute approximate surface area is 435 Å². The lowest BCUT2D eigenvalue weighted by atomic mass is 9.92. The summed E-state index contributed by atoms with van der Waals surface area (Å²) in [6, 6.07) is 13.5. The Morgan fingerprint density at radius 2 is 0.947 bits per heavy atom. The third-order valence-electron chi connectivity index (χ3n) is 11.5. The Bertz CT molecular complexity index is 2620. The van der Waals surface area contributed by atoms with Gasteiger partial charge in [-0.15, -0.1) is 0 Å². The Morgan fingerprint density at radius 1 is 0.587 bits per heavy atom. The van der Waals surface area contributed by atoms with Gasteiger partial charge in [-0.05, 0) is 103 Å². The molecule has 6 rings (SSSR count). The summed E-state index contributed by atoms with van der Waals surface area (Å²) in [5.41, 5.74) is -6.83. The van der Waals surface area contributed by atoms with Crippen LogP contribution in [0.15, 0.2) is 94.7 Å². The average Bonchev–Trinajstić information content (AvgIpc) is 3.93. The molecule has 4 aromatic carbocycles. The van der Waals surface area contributed by atoms with Gasteiger partial charge in [-0.1, -0.05) is 60.3 Å². The number of benzene rings is 4. The van der Waals surface area contributed by atoms with Gasteiger partial charge in [0, 0.05) is 70.4 Å². The van der Waals surface area contributed by atoms with Gasteiger partial charge >= 0.3 is 24.5 Å². The molecule has 21 heteroatoms. The molecule has 2 aliphatic rings. The zero-order valence-corrected chi connectivity index (χ0v) is 43.3. The van der Waals surface area contributed by atoms with E-state index in [9.17, 15) is 29.4 Å². The number of carbonyl (C=O) groups is 4. The quantitative estimate of drug-likeness (QED) is 0.0694. The number of hydrogen-bond donors (Lipinski definition) is 4. The molecule has 14 nitrogen and oxygen atoms in total. The highest BCUT2D eigenvalue weighted by molar-refractivity contribution is 7.99. The number of rotatable bonds is 14. The molecule has 0 radical (unpaired) electrons. The zero-order chi connectivity index (χ0) is 55.2. The third kappa shape index (κ3) is 14.1. The number of para-hydroxylation sites is 2. The van der Waals surface area contributed by atoms with Gasteiger partial charge in [0.1, 0.15) is 22.7 Å². The second-order valence-corrected chi connectivity index (χ2v) is 20.5. The lowest BCUT2D eigenvalue weighted by molar-refractivity contribution is -0.139. The van der Waals surface area contributed by atoms with Gasteiger partial charge in [0.15, 0.2) is 0 Å². The van der Waals surface area contributed by atoms with E-state index in [0.29, 0.717) is 9.80 Å². The second kappa shape index (κ2) is 23.7. The van der Waals surface area contributed by atoms with Gasteiger partial charge in [-0.25, -0.2) is 19.4 Å². The van der Waals surface area contributed by atoms with E-state index in [1.54, 1.807) is 55.4 Å². The second-order valence-electron chi connectivity index (χ2n) is 19.4. The minimum Gasteiger partial charge on any atom is -0.493 e. The molecule has 2 heterocycles. The number of aliphatic hydroxyl groups is 2. The lowest BCUT2D eigenvalue weighted by Crippen LogP contribution is -2.51. The van der Waals surface area contributed by atoms with Crippen molar-refractivity contribution in [2.45, 2.75) is 113 Å². The molecule has 2 fully saturated rings. The first-order valence-corrected chi connectivity index (χ1v) is 24.8. The Kier molecular flexibility index (Phi) is 18.3. The molecule has 4 aromatic rings. The summed E-state index contributed by atoms with van der Waals surface area (Å²) in [5.74, 6) is -2.12. The number of ether oxygens (including phenoxy) is 4. The fraction of sp³-hybridized carbons (Fsp3) is 0.407. The van der Waals surface area contributed by atoms with Crippen molar-refractivity contribution in [2.24, 2.45) is 0 Å². The van der Waals surface area contributed by atoms with Crippen LogP contribution in [-0.4, -0.2) is 119 Å². The van der Waals surface area contributed by atoms with Crippen LogP contribution in [-0.2, 0) is 31.4 Å². The van der Waals surface area contributed by atoms with Crippen LogP contribution >= 0.6 is 11.8 Å². The van der Waals surface area contributed by atoms with E-state index in [-0.39, 0.29) is 84.9 Å². The molecule has 4 unspecified atom stereocenters. The van der Waals surface area contributed by atoms with Crippen molar-refractivity contribution in [2.75, 3.05) is 39.4 Å². The predicted octanol–water partition coefficient (Wildman–Crippen LogP) is 10.2. The van der Waals surface area contributed by atoms with Gasteiger partial charge in [-0.2, -0.15) is 26.3 Å². The molecule has 0 bridgehead atoms. The maximum absolute atomic E-state index is 16.1. The van der Waals surface area contributed by atoms with Crippen LogP contribution in [0.25, 0.3) is 34.4 Å². The van der Waals surface area contributed by atoms with E-state index >= 15 is 26.3 Å². The van der Waals surface area contributed by atoms with Crippen molar-refractivity contribution in [3.05, 3.63) is 107 Å². The summed E-state index contributed by atoms with van der Waals surface area (Å²) in [5, 5.41) is 27.2. The molecule has 0 spiro atoms. The van der Waals surface area contributed by atoms with Gasteiger partial charge in [0.2, 0.25) is 0 Å². The molecule has 2 aliphatic heterocycles. The Hall–Kier alpha value is -6.39. The number of hydrogen-bond acceptors (Lipinski definition) is 13. The number of halogens is 6. The summed E-state index contributed by atoms with van der Waals surface area (Å²) in [7, 11) is 0. The van der Waals surface area contributed by atoms with Gasteiger partial charge in [0.05, 0.1) is 48.6 Å². The minimum absolute atomic E-state index is 0.00513. The maximum atomic E-state index is 16.1. The highest BCUT2D eigenvalue weighted by atomic mass is 32.2. The van der Waals surface area contributed by atoms with E-state index in [4.69, 9.17) is 18.9 Å². The van der Waals surface area contributed by atoms with Crippen LogP contribution in [0.4, 0.5) is 35.9 Å². The Balaban J connectivity index is 1.57. The minimum atomic E-state index is -5.29. The van der Waals surface area contributed by atoms with Crippen LogP contribution in [0, 0.1) is 0 Å². The van der Waals surface area contributed by atoms with Gasteiger partial charge in [0.25, 0.3) is 11.8 Å². The smallest absolute Gasteiger partial charge is 0.418 e. The first-order chi connectivity index (χ1) is 35.1. The molecule has 0 saturated carbocycles. The largest absolute Gasteiger partial charge is 0.493 e. The normalized spacial score (nSPS) is 18.3. The monoisotopic (exact) mass is 1070 g/mol. The molecule has 2 saturated heterocycles. The average molecular weight is 1070 g/mol. The lowest BCUT2D eigenvalue weighted by Gasteiger charge is -2.30. The van der Waals surface area contributed by atoms with Crippen molar-refractivity contribution < 1.29 is 74.7 Å². The fourth-order valence-corrected chi connectivity index (χ4v) is 9.68. The Morgan fingerprint density at radius 3 is 1.25 bits per heavy atom. The van der Waals surface area contributed by atoms with Crippen molar-refractivity contribution in [1.29, 1.82) is 0 Å². The first kappa shape index (κ1) is 57.9. The van der Waals surface area contributed by atoms with Crippen LogP contribution in [0.3, 0.4) is 0 Å². The number of aliphatic hydroxyl groups excluding tert-OH is 2. The van der Waals surface area contributed by atoms with Crippen LogP contribution in [0.5, 0.6) is 11.5 Å². The van der Waals surface area contributed by atoms with E-state index in [1.807, 2.05) is 0 Å². The molecule has 75 heavy (non-hydrogen) atoms. The summed E-state index contributed by atoms with van der Waals surface area (Å²) in [4.78, 5) is 54.9. The number of imide groups is 2. The van der Waals surface area contributed by atoms with E-state index in [2.05, 4.69) is 10.6 Å². The molecule has 4 N–H and O–H groups in total. The van der Waals surface area contributed by atoms with E-state index in [0.717, 1.165) is 36.4 Å². The van der Waals surface area contributed by atoms with Crippen molar-refractivity contribution in [3.63, 3.8) is 0 Å². The fourth-order valence-electron chi connectivity index (χ4n) is 8.53. The van der Waals surface area contributed by atoms with Gasteiger partial charge in [-0.3, -0.25) is 9.59 Å². The van der Waals surface area contributed by atoms with Crippen LogP contribution in [0.2, 0.25) is 0 Å². The summed E-state index contributed by atoms with van der Waals surface area (Å²) in [6.07, 6.45) is -11.4. The molecular weight excluding hydrogens is 1010 g/mol. The molecular formula is C54H60F6N4O10S. The first-order valence-electron chi connectivity index (χ1n) is 24.0. The number of amides is 4. The highest BCUT2D eigenvalue weighted by Gasteiger charge is 2.44. The van der Waals surface area contributed by atoms with E-state index in [1.165, 1.54) is 60.7 Å². The zero-order valence-electron chi connectivity index (χ0n) is 42.5. The summed E-state index contributed by atoms with van der Waals surface area (Å²) < 4.78 is 119. The number of β-amino-alcohol motifs (C(OH)–C–C–N with tert-alkyl or cyclic N) is 2.